The van der Waals surface area contributed by atoms with Crippen LogP contribution in [0.4, 0.5) is 4.39 Å². The van der Waals surface area contributed by atoms with Crippen LogP contribution < -0.4 is 9.47 Å². The van der Waals surface area contributed by atoms with Gasteiger partial charge in [-0.25, -0.2) is 0 Å². The number of halogens is 2. The van der Waals surface area contributed by atoms with Crippen LogP contribution in [-0.2, 0) is 0 Å². The number of hydrogen-bond acceptors (Lipinski definition) is 5. The summed E-state index contributed by atoms with van der Waals surface area (Å²) in [6.45, 7) is 4.65. The second-order valence-corrected chi connectivity index (χ2v) is 9.49. The van der Waals surface area contributed by atoms with Crippen LogP contribution in [0.25, 0.3) is 11.1 Å². The van der Waals surface area contributed by atoms with E-state index in [4.69, 9.17) is 21.1 Å². The van der Waals surface area contributed by atoms with Crippen molar-refractivity contribution >= 4 is 22.7 Å². The van der Waals surface area contributed by atoms with Crippen LogP contribution >= 0.6 is 11.6 Å². The first-order valence-corrected chi connectivity index (χ1v) is 12.0. The topological polar surface area (TPSA) is 62.2 Å². The lowest BCUT2D eigenvalue weighted by Gasteiger charge is -2.37. The highest BCUT2D eigenvalue weighted by Crippen LogP contribution is 2.48. The minimum absolute atomic E-state index is 0.00583. The quantitative estimate of drug-likeness (QED) is 0.415. The number of rotatable bonds is 7. The average Bonchev–Trinajstić information content (AvgIpc) is 2.83. The molecule has 2 aliphatic heterocycles. The van der Waals surface area contributed by atoms with E-state index in [1.807, 2.05) is 37.3 Å². The number of hydrogen-bond donors (Lipinski definition) is 2. The Hall–Kier alpha value is -3.22. The molecule has 2 aliphatic rings. The van der Waals surface area contributed by atoms with Crippen molar-refractivity contribution in [2.45, 2.75) is 13.0 Å². The summed E-state index contributed by atoms with van der Waals surface area (Å²) in [5, 5.41) is 20.6. The molecule has 0 saturated carbocycles. The Morgan fingerprint density at radius 1 is 1.06 bits per heavy atom. The predicted molar refractivity (Wildman–Crippen MR) is 135 cm³/mol. The van der Waals surface area contributed by atoms with Crippen molar-refractivity contribution in [1.82, 2.24) is 4.90 Å². The van der Waals surface area contributed by atoms with Crippen molar-refractivity contribution in [3.8, 4) is 23.0 Å². The predicted octanol–water partition coefficient (Wildman–Crippen LogP) is 6.10. The maximum absolute atomic E-state index is 12.6. The van der Waals surface area contributed by atoms with Gasteiger partial charge in [0.1, 0.15) is 35.7 Å². The number of aromatic hydroxyl groups is 2. The zero-order valence-corrected chi connectivity index (χ0v) is 20.1. The van der Waals surface area contributed by atoms with E-state index in [9.17, 15) is 14.6 Å². The largest absolute Gasteiger partial charge is 0.508 e. The van der Waals surface area contributed by atoms with E-state index in [2.05, 4.69) is 4.90 Å². The van der Waals surface area contributed by atoms with Crippen molar-refractivity contribution in [1.29, 1.82) is 0 Å². The lowest BCUT2D eigenvalue weighted by atomic mass is 9.86. The molecule has 182 valence electrons. The molecule has 5 rings (SSSR count). The second kappa shape index (κ2) is 9.80. The van der Waals surface area contributed by atoms with Gasteiger partial charge >= 0.3 is 0 Å². The van der Waals surface area contributed by atoms with Crippen molar-refractivity contribution in [2.24, 2.45) is 5.92 Å². The van der Waals surface area contributed by atoms with Crippen LogP contribution in [0.15, 0.2) is 60.7 Å². The number of phenols is 2. The summed E-state index contributed by atoms with van der Waals surface area (Å²) >= 11 is 6.05. The van der Waals surface area contributed by atoms with E-state index in [0.29, 0.717) is 12.4 Å². The van der Waals surface area contributed by atoms with Gasteiger partial charge in [0.05, 0.1) is 11.7 Å². The summed E-state index contributed by atoms with van der Waals surface area (Å²) in [5.74, 6) is 1.75. The van der Waals surface area contributed by atoms with E-state index in [1.54, 1.807) is 30.3 Å². The van der Waals surface area contributed by atoms with Gasteiger partial charge in [0.25, 0.3) is 0 Å². The number of ether oxygens (including phenoxy) is 2. The molecule has 35 heavy (non-hydrogen) atoms. The molecular weight excluding hydrogens is 469 g/mol. The van der Waals surface area contributed by atoms with Gasteiger partial charge in [-0.2, -0.15) is 0 Å². The summed E-state index contributed by atoms with van der Waals surface area (Å²) in [6.07, 6.45) is -0.430. The normalized spacial score (nSPS) is 18.1. The fourth-order valence-corrected chi connectivity index (χ4v) is 4.83. The van der Waals surface area contributed by atoms with Crippen molar-refractivity contribution in [2.75, 3.05) is 32.9 Å². The number of likely N-dealkylation sites (tertiary alicyclic amines) is 1. The van der Waals surface area contributed by atoms with Crippen LogP contribution in [0.1, 0.15) is 29.7 Å². The third-order valence-electron chi connectivity index (χ3n) is 6.65. The molecule has 1 saturated heterocycles. The Bertz CT molecular complexity index is 1250. The van der Waals surface area contributed by atoms with Crippen molar-refractivity contribution < 1.29 is 24.1 Å². The number of fused-ring (bicyclic) bond motifs is 1. The molecular formula is C28H27ClFNO4. The summed E-state index contributed by atoms with van der Waals surface area (Å²) < 4.78 is 24.9. The molecule has 0 amide bonds. The fraction of sp³-hybridized carbons (Fsp3) is 0.286. The number of benzene rings is 3. The number of nitrogens with zero attached hydrogens (tertiary/aromatic N) is 1. The summed E-state index contributed by atoms with van der Waals surface area (Å²) in [7, 11) is 0. The second-order valence-electron chi connectivity index (χ2n) is 9.08. The molecule has 0 bridgehead atoms. The highest BCUT2D eigenvalue weighted by molar-refractivity contribution is 6.32. The zero-order chi connectivity index (χ0) is 24.5. The van der Waals surface area contributed by atoms with Gasteiger partial charge in [0.15, 0.2) is 0 Å². The van der Waals surface area contributed by atoms with Gasteiger partial charge in [0, 0.05) is 36.7 Å². The number of phenolic OH excluding ortho intramolecular Hbond substituents is 2. The summed E-state index contributed by atoms with van der Waals surface area (Å²) in [6, 6.07) is 18.0. The van der Waals surface area contributed by atoms with E-state index in [1.165, 1.54) is 0 Å². The molecule has 5 nitrogen and oxygen atoms in total. The van der Waals surface area contributed by atoms with Gasteiger partial charge in [-0.1, -0.05) is 29.8 Å². The first-order chi connectivity index (χ1) is 16.9. The third-order valence-corrected chi connectivity index (χ3v) is 6.97. The van der Waals surface area contributed by atoms with E-state index in [0.717, 1.165) is 53.2 Å². The minimum Gasteiger partial charge on any atom is -0.508 e. The molecule has 7 heteroatoms. The standard InChI is InChI=1S/C28H27ClFNO4/c1-17-23-13-21(32)5-9-26(23)35-28(27(17)20-4-8-24(29)25(33)12-20)19-2-6-22(7-3-19)34-11-10-31-15-18(14-30)16-31/h2-9,12-13,18,28,32-33H,10-11,14-16H2,1H3/t28-/m0/s1. The van der Waals surface area contributed by atoms with Crippen molar-refractivity contribution in [3.05, 3.63) is 82.4 Å². The molecule has 2 heterocycles. The summed E-state index contributed by atoms with van der Waals surface area (Å²) in [4.78, 5) is 2.19. The van der Waals surface area contributed by atoms with Crippen LogP contribution in [0.5, 0.6) is 23.0 Å². The molecule has 3 aromatic rings. The van der Waals surface area contributed by atoms with Crippen LogP contribution in [0.2, 0.25) is 5.02 Å². The number of alkyl halides is 1. The molecule has 0 unspecified atom stereocenters. The molecule has 3 aromatic carbocycles. The van der Waals surface area contributed by atoms with Gasteiger partial charge in [-0.05, 0) is 66.1 Å². The molecule has 1 fully saturated rings. The van der Waals surface area contributed by atoms with E-state index in [-0.39, 0.29) is 29.1 Å². The molecule has 0 radical (unpaired) electrons. The lowest BCUT2D eigenvalue weighted by molar-refractivity contribution is 0.0668. The Morgan fingerprint density at radius 2 is 1.83 bits per heavy atom. The van der Waals surface area contributed by atoms with Gasteiger partial charge in [0.2, 0.25) is 0 Å². The smallest absolute Gasteiger partial charge is 0.150 e. The van der Waals surface area contributed by atoms with Crippen LogP contribution in [0, 0.1) is 5.92 Å². The Morgan fingerprint density at radius 3 is 2.54 bits per heavy atom. The van der Waals surface area contributed by atoms with E-state index < -0.39 is 6.10 Å². The first-order valence-electron chi connectivity index (χ1n) is 11.6. The van der Waals surface area contributed by atoms with Crippen LogP contribution in [-0.4, -0.2) is 48.0 Å². The lowest BCUT2D eigenvalue weighted by Crippen LogP contribution is -2.49. The Labute approximate surface area is 209 Å². The zero-order valence-electron chi connectivity index (χ0n) is 19.4. The highest BCUT2D eigenvalue weighted by atomic mass is 35.5. The van der Waals surface area contributed by atoms with E-state index >= 15 is 0 Å². The molecule has 1 atom stereocenters. The first kappa shape index (κ1) is 23.5. The molecule has 0 spiro atoms. The maximum atomic E-state index is 12.6. The molecule has 0 aromatic heterocycles. The van der Waals surface area contributed by atoms with Crippen LogP contribution in [0.3, 0.4) is 0 Å². The number of allylic oxidation sites excluding steroid dienone is 1. The minimum atomic E-state index is -0.430. The molecule has 2 N–H and O–H groups in total. The highest BCUT2D eigenvalue weighted by Gasteiger charge is 2.30. The monoisotopic (exact) mass is 495 g/mol. The summed E-state index contributed by atoms with van der Waals surface area (Å²) in [5.41, 5.74) is 4.32. The fourth-order valence-electron chi connectivity index (χ4n) is 4.71. The Balaban J connectivity index is 1.40. The maximum Gasteiger partial charge on any atom is 0.150 e. The SMILES string of the molecule is CC1=C(c2ccc(Cl)c(O)c2)[C@H](c2ccc(OCCN3CC(CF)C3)cc2)Oc2ccc(O)cc21. The van der Waals surface area contributed by atoms with Gasteiger partial charge in [-0.15, -0.1) is 0 Å². The molecule has 0 aliphatic carbocycles. The average molecular weight is 496 g/mol. The van der Waals surface area contributed by atoms with Gasteiger partial charge < -0.3 is 19.7 Å². The third kappa shape index (κ3) is 4.81. The van der Waals surface area contributed by atoms with Crippen molar-refractivity contribution in [3.63, 3.8) is 0 Å². The Kier molecular flexibility index (Phi) is 6.58. The van der Waals surface area contributed by atoms with Gasteiger partial charge in [-0.3, -0.25) is 9.29 Å².